The fourth-order valence-electron chi connectivity index (χ4n) is 1.27. The van der Waals surface area contributed by atoms with Gasteiger partial charge in [-0.05, 0) is 32.8 Å². The Morgan fingerprint density at radius 1 is 1.89 bits per heavy atom. The molecule has 0 aromatic rings. The zero-order valence-corrected chi connectivity index (χ0v) is 5.80. The highest BCUT2D eigenvalue weighted by molar-refractivity contribution is 4.75. The van der Waals surface area contributed by atoms with Gasteiger partial charge in [0, 0.05) is 15.4 Å². The second-order valence-corrected chi connectivity index (χ2v) is 2.50. The zero-order valence-electron chi connectivity index (χ0n) is 7.80. The molecule has 0 spiro atoms. The first-order chi connectivity index (χ1) is 5.08. The van der Waals surface area contributed by atoms with Crippen LogP contribution in [0.15, 0.2) is 0 Å². The molecular formula is C7H15NO. The Balaban J connectivity index is 2.58. The maximum atomic E-state index is 8.77. The Hall–Kier alpha value is -0.0800. The van der Waals surface area contributed by atoms with Crippen LogP contribution in [0.5, 0.6) is 0 Å². The van der Waals surface area contributed by atoms with Crippen LogP contribution in [0.25, 0.3) is 0 Å². The van der Waals surface area contributed by atoms with E-state index < -0.39 is 6.37 Å². The lowest BCUT2D eigenvalue weighted by molar-refractivity contribution is 0.220. The van der Waals surface area contributed by atoms with Crippen molar-refractivity contribution in [2.45, 2.75) is 25.3 Å². The van der Waals surface area contributed by atoms with Gasteiger partial charge in [0.1, 0.15) is 0 Å². The highest BCUT2D eigenvalue weighted by atomic mass is 16.3. The molecule has 0 aliphatic carbocycles. The Bertz CT molecular complexity index is 140. The van der Waals surface area contributed by atoms with Gasteiger partial charge in [-0.2, -0.15) is 0 Å². The van der Waals surface area contributed by atoms with E-state index in [-0.39, 0.29) is 12.6 Å². The second kappa shape index (κ2) is 3.18. The summed E-state index contributed by atoms with van der Waals surface area (Å²) in [4.78, 5) is 1.98. The molecule has 2 nitrogen and oxygen atoms in total. The first-order valence-electron chi connectivity index (χ1n) is 4.39. The molecule has 0 bridgehead atoms. The van der Waals surface area contributed by atoms with E-state index in [0.29, 0.717) is 0 Å². The van der Waals surface area contributed by atoms with Crippen LogP contribution in [-0.4, -0.2) is 36.2 Å². The van der Waals surface area contributed by atoms with Gasteiger partial charge in [-0.3, -0.25) is 0 Å². The Morgan fingerprint density at radius 2 is 2.67 bits per heavy atom. The summed E-state index contributed by atoms with van der Waals surface area (Å²) >= 11 is 0. The summed E-state index contributed by atoms with van der Waals surface area (Å²) in [6.07, 6.45) is 0.482. The Labute approximate surface area is 59.3 Å². The van der Waals surface area contributed by atoms with E-state index in [4.69, 9.17) is 7.85 Å². The number of hydrogen-bond donors (Lipinski definition) is 1. The van der Waals surface area contributed by atoms with Gasteiger partial charge < -0.3 is 10.0 Å². The van der Waals surface area contributed by atoms with Crippen LogP contribution in [0.3, 0.4) is 0 Å². The maximum Gasteiger partial charge on any atom is 0.0445 e. The van der Waals surface area contributed by atoms with E-state index in [9.17, 15) is 0 Å². The predicted molar refractivity (Wildman–Crippen MR) is 37.4 cm³/mol. The molecule has 1 saturated heterocycles. The van der Waals surface area contributed by atoms with Crippen LogP contribution in [0.2, 0.25) is 0 Å². The molecule has 0 radical (unpaired) electrons. The number of likely N-dealkylation sites (tertiary alicyclic amines) is 1. The molecule has 1 aliphatic rings. The van der Waals surface area contributed by atoms with E-state index >= 15 is 0 Å². The van der Waals surface area contributed by atoms with Gasteiger partial charge in [-0.15, -0.1) is 0 Å². The molecule has 1 rings (SSSR count). The smallest absolute Gasteiger partial charge is 0.0445 e. The summed E-state index contributed by atoms with van der Waals surface area (Å²) < 4.78 is 15.0. The van der Waals surface area contributed by atoms with Gasteiger partial charge in [0.25, 0.3) is 0 Å². The fourth-order valence-corrected chi connectivity index (χ4v) is 1.27. The highest BCUT2D eigenvalue weighted by Gasteiger charge is 2.19. The largest absolute Gasteiger partial charge is 0.396 e. The molecule has 2 heteroatoms. The minimum absolute atomic E-state index is 0.0903. The number of hydrogen-bond acceptors (Lipinski definition) is 2. The third-order valence-electron chi connectivity index (χ3n) is 1.85. The number of rotatable bonds is 2. The van der Waals surface area contributed by atoms with Crippen molar-refractivity contribution in [2.75, 3.05) is 20.2 Å². The van der Waals surface area contributed by atoms with Gasteiger partial charge in [0.05, 0.1) is 0 Å². The summed E-state index contributed by atoms with van der Waals surface area (Å²) in [6.45, 7) is 0.576. The van der Waals surface area contributed by atoms with Gasteiger partial charge in [0.2, 0.25) is 0 Å². The minimum atomic E-state index is -1.43. The molecule has 1 N–H and O–H groups in total. The molecular weight excluding hydrogens is 114 g/mol. The second-order valence-electron chi connectivity index (χ2n) is 2.50. The molecule has 1 aliphatic heterocycles. The molecule has 0 unspecified atom stereocenters. The van der Waals surface area contributed by atoms with Gasteiger partial charge in [0.15, 0.2) is 0 Å². The Kier molecular flexibility index (Phi) is 1.66. The molecule has 0 aromatic carbocycles. The van der Waals surface area contributed by atoms with Crippen molar-refractivity contribution in [3.05, 3.63) is 0 Å². The first kappa shape index (κ1) is 4.69. The summed E-state index contributed by atoms with van der Waals surface area (Å²) in [7, 11) is 1.91. The van der Waals surface area contributed by atoms with Gasteiger partial charge >= 0.3 is 0 Å². The average Bonchev–Trinajstić information content (AvgIpc) is 2.36. The van der Waals surface area contributed by atoms with E-state index in [1.807, 2.05) is 11.9 Å². The third-order valence-corrected chi connectivity index (χ3v) is 1.85. The van der Waals surface area contributed by atoms with Crippen molar-refractivity contribution in [2.24, 2.45) is 0 Å². The number of aliphatic hydroxyl groups is 1. The van der Waals surface area contributed by atoms with E-state index in [0.717, 1.165) is 19.4 Å². The van der Waals surface area contributed by atoms with Gasteiger partial charge in [-0.1, -0.05) is 0 Å². The zero-order chi connectivity index (χ0) is 8.48. The molecule has 0 amide bonds. The molecule has 1 heterocycles. The number of aliphatic hydroxyl groups excluding tert-OH is 1. The lowest BCUT2D eigenvalue weighted by Gasteiger charge is -2.17. The molecule has 1 fully saturated rings. The third kappa shape index (κ3) is 1.66. The van der Waals surface area contributed by atoms with Crippen molar-refractivity contribution >= 4 is 0 Å². The quantitative estimate of drug-likeness (QED) is 0.588. The summed E-state index contributed by atoms with van der Waals surface area (Å²) in [6, 6.07) is -0.0903. The fraction of sp³-hybridized carbons (Fsp3) is 1.00. The molecule has 54 valence electrons. The lowest BCUT2D eigenvalue weighted by atomic mass is 10.2. The van der Waals surface area contributed by atoms with Crippen LogP contribution in [0.4, 0.5) is 0 Å². The maximum absolute atomic E-state index is 8.77. The normalized spacial score (nSPS) is 34.2. The summed E-state index contributed by atoms with van der Waals surface area (Å²) in [5, 5.41) is 8.77. The van der Waals surface area contributed by atoms with E-state index in [2.05, 4.69) is 0 Å². The average molecular weight is 131 g/mol. The van der Waals surface area contributed by atoms with E-state index in [1.165, 1.54) is 0 Å². The van der Waals surface area contributed by atoms with Crippen LogP contribution in [-0.2, 0) is 0 Å². The van der Waals surface area contributed by atoms with Crippen LogP contribution >= 0.6 is 0 Å². The highest BCUT2D eigenvalue weighted by Crippen LogP contribution is 2.16. The van der Waals surface area contributed by atoms with Crippen molar-refractivity contribution in [1.82, 2.24) is 4.90 Å². The minimum Gasteiger partial charge on any atom is -0.396 e. The standard InChI is InChI=1S/C7H15NO/c1-8-5-2-3-7(8)4-6-9/h7,9H,2-6H2,1H3/t7-/m1/s1/i4D2. The monoisotopic (exact) mass is 131 g/mol. The lowest BCUT2D eigenvalue weighted by Crippen LogP contribution is -2.25. The summed E-state index contributed by atoms with van der Waals surface area (Å²) in [5.74, 6) is 0. The topological polar surface area (TPSA) is 23.5 Å². The van der Waals surface area contributed by atoms with Crippen LogP contribution in [0.1, 0.15) is 22.0 Å². The van der Waals surface area contributed by atoms with E-state index in [1.54, 1.807) is 0 Å². The van der Waals surface area contributed by atoms with Crippen LogP contribution in [0, 0.1) is 0 Å². The SMILES string of the molecule is [2H]C([2H])(CO)[C@H]1CCCN1C. The summed E-state index contributed by atoms with van der Waals surface area (Å²) in [5.41, 5.74) is 0. The Morgan fingerprint density at radius 3 is 3.11 bits per heavy atom. The van der Waals surface area contributed by atoms with Crippen molar-refractivity contribution < 1.29 is 7.85 Å². The molecule has 0 saturated carbocycles. The van der Waals surface area contributed by atoms with Gasteiger partial charge in [-0.25, -0.2) is 0 Å². The molecule has 9 heavy (non-hydrogen) atoms. The van der Waals surface area contributed by atoms with Crippen molar-refractivity contribution in [3.8, 4) is 0 Å². The number of nitrogens with zero attached hydrogens (tertiary/aromatic N) is 1. The first-order valence-corrected chi connectivity index (χ1v) is 3.39. The van der Waals surface area contributed by atoms with Crippen LogP contribution < -0.4 is 0 Å². The molecule has 0 aromatic heterocycles. The van der Waals surface area contributed by atoms with Crippen molar-refractivity contribution in [1.29, 1.82) is 0 Å². The predicted octanol–water partition coefficient (Wildman–Crippen LogP) is 0.463. The molecule has 1 atom stereocenters. The van der Waals surface area contributed by atoms with Crippen molar-refractivity contribution in [3.63, 3.8) is 0 Å².